The Labute approximate surface area is 161 Å². The van der Waals surface area contributed by atoms with Crippen molar-refractivity contribution in [2.45, 2.75) is 6.92 Å². The van der Waals surface area contributed by atoms with Gasteiger partial charge in [-0.05, 0) is 42.6 Å². The lowest BCUT2D eigenvalue weighted by molar-refractivity contribution is 0.0959. The summed E-state index contributed by atoms with van der Waals surface area (Å²) in [6, 6.07) is 13.1. The molecule has 0 saturated heterocycles. The van der Waals surface area contributed by atoms with Crippen LogP contribution in [0.3, 0.4) is 0 Å². The smallest absolute Gasteiger partial charge is 0.261 e. The molecule has 140 valence electrons. The van der Waals surface area contributed by atoms with Crippen LogP contribution in [0, 0.1) is 6.92 Å². The van der Waals surface area contributed by atoms with Gasteiger partial charge in [-0.1, -0.05) is 6.07 Å². The Morgan fingerprint density at radius 1 is 1.15 bits per heavy atom. The standard InChI is InChI=1S/C19H21N5O2S/c1-13-12-17(23-14-5-7-15(26-2)8-6-14)24-19(22-13)21-10-9-20-18(25)16-4-3-11-27-16/h3-8,11-12H,9-10H2,1-2H3,(H,20,25)(H2,21,22,23,24). The molecule has 3 aromatic rings. The molecule has 0 saturated carbocycles. The van der Waals surface area contributed by atoms with Crippen molar-refractivity contribution in [3.8, 4) is 5.75 Å². The monoisotopic (exact) mass is 383 g/mol. The predicted octanol–water partition coefficient (Wildman–Crippen LogP) is 3.44. The van der Waals surface area contributed by atoms with Crippen LogP contribution in [0.2, 0.25) is 0 Å². The summed E-state index contributed by atoms with van der Waals surface area (Å²) >= 11 is 1.42. The van der Waals surface area contributed by atoms with E-state index in [4.69, 9.17) is 4.74 Å². The predicted molar refractivity (Wildman–Crippen MR) is 108 cm³/mol. The Morgan fingerprint density at radius 3 is 2.67 bits per heavy atom. The number of hydrogen-bond donors (Lipinski definition) is 3. The maximum atomic E-state index is 11.9. The topological polar surface area (TPSA) is 88.2 Å². The highest BCUT2D eigenvalue weighted by Gasteiger charge is 2.06. The summed E-state index contributed by atoms with van der Waals surface area (Å²) in [4.78, 5) is 21.4. The number of benzene rings is 1. The van der Waals surface area contributed by atoms with Crippen LogP contribution in [0.4, 0.5) is 17.5 Å². The van der Waals surface area contributed by atoms with Gasteiger partial charge in [-0.3, -0.25) is 4.79 Å². The third-order valence-corrected chi connectivity index (χ3v) is 4.52. The van der Waals surface area contributed by atoms with Crippen molar-refractivity contribution in [1.82, 2.24) is 15.3 Å². The quantitative estimate of drug-likeness (QED) is 0.517. The van der Waals surface area contributed by atoms with Crippen molar-refractivity contribution < 1.29 is 9.53 Å². The van der Waals surface area contributed by atoms with Crippen LogP contribution in [-0.4, -0.2) is 36.1 Å². The first kappa shape index (κ1) is 18.7. The maximum Gasteiger partial charge on any atom is 0.261 e. The molecule has 0 atom stereocenters. The highest BCUT2D eigenvalue weighted by atomic mass is 32.1. The van der Waals surface area contributed by atoms with Gasteiger partial charge in [0.25, 0.3) is 5.91 Å². The SMILES string of the molecule is COc1ccc(Nc2cc(C)nc(NCCNC(=O)c3cccs3)n2)cc1. The number of nitrogens with zero attached hydrogens (tertiary/aromatic N) is 2. The average Bonchev–Trinajstić information content (AvgIpc) is 3.20. The van der Waals surface area contributed by atoms with Crippen LogP contribution in [0.1, 0.15) is 15.4 Å². The van der Waals surface area contributed by atoms with Crippen molar-refractivity contribution in [2.75, 3.05) is 30.8 Å². The number of ether oxygens (including phenoxy) is 1. The molecule has 2 heterocycles. The van der Waals surface area contributed by atoms with Crippen molar-refractivity contribution in [2.24, 2.45) is 0 Å². The number of aryl methyl sites for hydroxylation is 1. The molecule has 0 fully saturated rings. The van der Waals surface area contributed by atoms with E-state index in [1.54, 1.807) is 13.2 Å². The summed E-state index contributed by atoms with van der Waals surface area (Å²) in [5.74, 6) is 1.93. The van der Waals surface area contributed by atoms with Gasteiger partial charge in [0.15, 0.2) is 0 Å². The minimum atomic E-state index is -0.0705. The van der Waals surface area contributed by atoms with Crippen LogP contribution in [0.5, 0.6) is 5.75 Å². The normalized spacial score (nSPS) is 10.3. The highest BCUT2D eigenvalue weighted by molar-refractivity contribution is 7.12. The lowest BCUT2D eigenvalue weighted by atomic mass is 10.3. The summed E-state index contributed by atoms with van der Waals surface area (Å²) in [6.07, 6.45) is 0. The van der Waals surface area contributed by atoms with Gasteiger partial charge in [-0.15, -0.1) is 11.3 Å². The molecule has 7 nitrogen and oxygen atoms in total. The molecule has 8 heteroatoms. The minimum absolute atomic E-state index is 0.0705. The Hall–Kier alpha value is -3.13. The fourth-order valence-electron chi connectivity index (χ4n) is 2.38. The molecule has 3 N–H and O–H groups in total. The summed E-state index contributed by atoms with van der Waals surface area (Å²) < 4.78 is 5.16. The number of anilines is 3. The fraction of sp³-hybridized carbons (Fsp3) is 0.211. The highest BCUT2D eigenvalue weighted by Crippen LogP contribution is 2.19. The minimum Gasteiger partial charge on any atom is -0.497 e. The first-order valence-electron chi connectivity index (χ1n) is 8.46. The zero-order chi connectivity index (χ0) is 19.1. The van der Waals surface area contributed by atoms with E-state index in [1.165, 1.54) is 11.3 Å². The summed E-state index contributed by atoms with van der Waals surface area (Å²) in [7, 11) is 1.64. The van der Waals surface area contributed by atoms with E-state index in [1.807, 2.05) is 48.7 Å². The second-order valence-corrected chi connectivity index (χ2v) is 6.68. The van der Waals surface area contributed by atoms with E-state index >= 15 is 0 Å². The zero-order valence-corrected chi connectivity index (χ0v) is 16.0. The molecule has 0 aliphatic carbocycles. The Morgan fingerprint density at radius 2 is 1.96 bits per heavy atom. The van der Waals surface area contributed by atoms with Gasteiger partial charge >= 0.3 is 0 Å². The molecule has 0 aliphatic rings. The molecule has 1 aromatic carbocycles. The lowest BCUT2D eigenvalue weighted by Gasteiger charge is -2.11. The first-order valence-corrected chi connectivity index (χ1v) is 9.34. The zero-order valence-electron chi connectivity index (χ0n) is 15.2. The van der Waals surface area contributed by atoms with Crippen LogP contribution >= 0.6 is 11.3 Å². The van der Waals surface area contributed by atoms with E-state index in [2.05, 4.69) is 25.9 Å². The fourth-order valence-corrected chi connectivity index (χ4v) is 3.02. The number of amides is 1. The number of rotatable bonds is 8. The summed E-state index contributed by atoms with van der Waals surface area (Å²) in [6.45, 7) is 2.92. The molecular weight excluding hydrogens is 362 g/mol. The summed E-state index contributed by atoms with van der Waals surface area (Å²) in [5, 5.41) is 11.1. The maximum absolute atomic E-state index is 11.9. The van der Waals surface area contributed by atoms with Crippen molar-refractivity contribution in [3.05, 3.63) is 58.4 Å². The van der Waals surface area contributed by atoms with Gasteiger partial charge in [-0.2, -0.15) is 4.98 Å². The Balaban J connectivity index is 1.54. The molecule has 27 heavy (non-hydrogen) atoms. The molecule has 2 aromatic heterocycles. The lowest BCUT2D eigenvalue weighted by Crippen LogP contribution is -2.28. The van der Waals surface area contributed by atoms with Gasteiger partial charge < -0.3 is 20.7 Å². The van der Waals surface area contributed by atoms with Crippen LogP contribution in [0.15, 0.2) is 47.8 Å². The van der Waals surface area contributed by atoms with Gasteiger partial charge in [0.05, 0.1) is 12.0 Å². The Bertz CT molecular complexity index is 882. The number of hydrogen-bond acceptors (Lipinski definition) is 7. The van der Waals surface area contributed by atoms with E-state index in [0.29, 0.717) is 29.7 Å². The molecule has 0 unspecified atom stereocenters. The number of nitrogens with one attached hydrogen (secondary N) is 3. The molecular formula is C19H21N5O2S. The van der Waals surface area contributed by atoms with Crippen LogP contribution in [-0.2, 0) is 0 Å². The molecule has 1 amide bonds. The summed E-state index contributed by atoms with van der Waals surface area (Å²) in [5.41, 5.74) is 1.74. The number of carbonyl (C=O) groups excluding carboxylic acids is 1. The molecule has 0 bridgehead atoms. The van der Waals surface area contributed by atoms with E-state index in [9.17, 15) is 4.79 Å². The average molecular weight is 383 g/mol. The molecule has 0 radical (unpaired) electrons. The second-order valence-electron chi connectivity index (χ2n) is 5.73. The van der Waals surface area contributed by atoms with Gasteiger partial charge in [0, 0.05) is 30.5 Å². The first-order chi connectivity index (χ1) is 13.1. The second kappa shape index (κ2) is 9.00. The number of thiophene rings is 1. The largest absolute Gasteiger partial charge is 0.497 e. The number of methoxy groups -OCH3 is 1. The molecule has 0 spiro atoms. The van der Waals surface area contributed by atoms with E-state index < -0.39 is 0 Å². The van der Waals surface area contributed by atoms with Crippen molar-refractivity contribution in [3.63, 3.8) is 0 Å². The Kier molecular flexibility index (Phi) is 6.22. The van der Waals surface area contributed by atoms with Crippen molar-refractivity contribution in [1.29, 1.82) is 0 Å². The van der Waals surface area contributed by atoms with Gasteiger partial charge in [0.2, 0.25) is 5.95 Å². The van der Waals surface area contributed by atoms with Crippen LogP contribution in [0.25, 0.3) is 0 Å². The third kappa shape index (κ3) is 5.42. The van der Waals surface area contributed by atoms with Crippen molar-refractivity contribution >= 4 is 34.7 Å². The van der Waals surface area contributed by atoms with Gasteiger partial charge in [-0.25, -0.2) is 4.98 Å². The molecule has 3 rings (SSSR count). The van der Waals surface area contributed by atoms with E-state index in [-0.39, 0.29) is 5.91 Å². The number of aromatic nitrogens is 2. The van der Waals surface area contributed by atoms with Gasteiger partial charge in [0.1, 0.15) is 11.6 Å². The number of carbonyl (C=O) groups is 1. The third-order valence-electron chi connectivity index (χ3n) is 3.66. The molecule has 0 aliphatic heterocycles. The van der Waals surface area contributed by atoms with Crippen LogP contribution < -0.4 is 20.7 Å². The van der Waals surface area contributed by atoms with E-state index in [0.717, 1.165) is 17.1 Å².